The highest BCUT2D eigenvalue weighted by Gasteiger charge is 2.02. The van der Waals surface area contributed by atoms with E-state index in [1.54, 1.807) is 0 Å². The number of anilines is 3. The van der Waals surface area contributed by atoms with E-state index in [2.05, 4.69) is 75.3 Å². The van der Waals surface area contributed by atoms with Crippen LogP contribution in [0.3, 0.4) is 0 Å². The van der Waals surface area contributed by atoms with E-state index in [4.69, 9.17) is 0 Å². The number of hydrogen-bond donors (Lipinski definition) is 3. The second-order valence-corrected chi connectivity index (χ2v) is 6.42. The molecule has 4 rings (SSSR count). The quantitative estimate of drug-likeness (QED) is 0.447. The van der Waals surface area contributed by atoms with Crippen molar-refractivity contribution in [1.82, 2.24) is 9.97 Å². The fourth-order valence-corrected chi connectivity index (χ4v) is 3.14. The Balaban J connectivity index is 1.34. The normalized spacial score (nSPS) is 10.8. The van der Waals surface area contributed by atoms with Gasteiger partial charge in [-0.15, -0.1) is 0 Å². The first-order valence-corrected chi connectivity index (χ1v) is 8.86. The molecule has 4 nitrogen and oxygen atoms in total. The van der Waals surface area contributed by atoms with Crippen LogP contribution in [0.1, 0.15) is 11.3 Å². The monoisotopic (exact) mass is 342 g/mol. The summed E-state index contributed by atoms with van der Waals surface area (Å²) in [6.45, 7) is 2.89. The molecule has 0 aliphatic carbocycles. The minimum atomic E-state index is 0.901. The Labute approximate surface area is 153 Å². The minimum absolute atomic E-state index is 0.901. The number of benzene rings is 2. The molecule has 4 heteroatoms. The van der Waals surface area contributed by atoms with Crippen molar-refractivity contribution in [3.05, 3.63) is 84.3 Å². The maximum Gasteiger partial charge on any atom is 0.0456 e. The van der Waals surface area contributed by atoms with Crippen molar-refractivity contribution in [3.63, 3.8) is 0 Å². The van der Waals surface area contributed by atoms with Gasteiger partial charge in [-0.3, -0.25) is 4.98 Å². The lowest BCUT2D eigenvalue weighted by molar-refractivity contribution is 1.03. The van der Waals surface area contributed by atoms with Crippen LogP contribution in [0.5, 0.6) is 0 Å². The number of nitrogens with one attached hydrogen (secondary N) is 3. The number of para-hydroxylation sites is 1. The molecule has 0 amide bonds. The van der Waals surface area contributed by atoms with Crippen molar-refractivity contribution in [2.24, 2.45) is 0 Å². The van der Waals surface area contributed by atoms with Gasteiger partial charge in [-0.2, -0.15) is 0 Å². The number of aromatic amines is 1. The summed E-state index contributed by atoms with van der Waals surface area (Å²) in [5.41, 5.74) is 6.80. The smallest absolute Gasteiger partial charge is 0.0456 e. The molecule has 2 aromatic heterocycles. The molecule has 0 spiro atoms. The van der Waals surface area contributed by atoms with Crippen LogP contribution in [0.4, 0.5) is 17.1 Å². The van der Waals surface area contributed by atoms with Gasteiger partial charge >= 0.3 is 0 Å². The Kier molecular flexibility index (Phi) is 4.56. The highest BCUT2D eigenvalue weighted by atomic mass is 14.9. The van der Waals surface area contributed by atoms with E-state index < -0.39 is 0 Å². The fraction of sp³-hybridized carbons (Fsp3) is 0.136. The van der Waals surface area contributed by atoms with E-state index in [1.807, 2.05) is 25.3 Å². The third-order valence-corrected chi connectivity index (χ3v) is 4.47. The van der Waals surface area contributed by atoms with Crippen molar-refractivity contribution in [1.29, 1.82) is 0 Å². The van der Waals surface area contributed by atoms with E-state index in [-0.39, 0.29) is 0 Å². The SMILES string of the molecule is Cc1cc(Nc2ccc(NCCc3c[nH]c4ccccc34)cc2)ccn1. The molecule has 0 unspecified atom stereocenters. The van der Waals surface area contributed by atoms with Crippen molar-refractivity contribution in [3.8, 4) is 0 Å². The molecular weight excluding hydrogens is 320 g/mol. The van der Waals surface area contributed by atoms with Gasteiger partial charge < -0.3 is 15.6 Å². The number of H-pyrrole nitrogens is 1. The van der Waals surface area contributed by atoms with Gasteiger partial charge in [-0.05, 0) is 61.4 Å². The highest BCUT2D eigenvalue weighted by molar-refractivity contribution is 5.83. The van der Waals surface area contributed by atoms with Gasteiger partial charge in [0.1, 0.15) is 0 Å². The first kappa shape index (κ1) is 16.2. The standard InChI is InChI=1S/C22H22N4/c1-16-14-20(11-13-23-16)26-19-8-6-18(7-9-19)24-12-10-17-15-25-22-5-3-2-4-21(17)22/h2-9,11,13-15,24-25H,10,12H2,1H3,(H,23,26). The lowest BCUT2D eigenvalue weighted by Gasteiger charge is -2.09. The van der Waals surface area contributed by atoms with Crippen molar-refractivity contribution < 1.29 is 0 Å². The molecule has 2 aromatic carbocycles. The zero-order valence-electron chi connectivity index (χ0n) is 14.8. The molecule has 130 valence electrons. The second kappa shape index (κ2) is 7.31. The van der Waals surface area contributed by atoms with E-state index in [9.17, 15) is 0 Å². The van der Waals surface area contributed by atoms with Crippen LogP contribution in [0.2, 0.25) is 0 Å². The van der Waals surface area contributed by atoms with E-state index in [0.717, 1.165) is 35.7 Å². The molecule has 0 atom stereocenters. The summed E-state index contributed by atoms with van der Waals surface area (Å²) in [5.74, 6) is 0. The van der Waals surface area contributed by atoms with Gasteiger partial charge in [0.15, 0.2) is 0 Å². The molecule has 4 aromatic rings. The molecule has 0 aliphatic rings. The van der Waals surface area contributed by atoms with Crippen LogP contribution in [-0.2, 0) is 6.42 Å². The molecule has 0 saturated carbocycles. The van der Waals surface area contributed by atoms with Crippen molar-refractivity contribution >= 4 is 28.0 Å². The fourth-order valence-electron chi connectivity index (χ4n) is 3.14. The molecule has 3 N–H and O–H groups in total. The van der Waals surface area contributed by atoms with Crippen LogP contribution < -0.4 is 10.6 Å². The van der Waals surface area contributed by atoms with E-state index in [0.29, 0.717) is 0 Å². The molecule has 26 heavy (non-hydrogen) atoms. The van der Waals surface area contributed by atoms with Gasteiger partial charge in [-0.25, -0.2) is 0 Å². The predicted octanol–water partition coefficient (Wildman–Crippen LogP) is 5.27. The number of pyridine rings is 1. The Hall–Kier alpha value is -3.27. The molecule has 0 bridgehead atoms. The first-order valence-electron chi connectivity index (χ1n) is 8.86. The molecule has 0 fully saturated rings. The van der Waals surface area contributed by atoms with Crippen LogP contribution >= 0.6 is 0 Å². The van der Waals surface area contributed by atoms with E-state index >= 15 is 0 Å². The average molecular weight is 342 g/mol. The number of nitrogens with zero attached hydrogens (tertiary/aromatic N) is 1. The third-order valence-electron chi connectivity index (χ3n) is 4.47. The summed E-state index contributed by atoms with van der Waals surface area (Å²) >= 11 is 0. The third kappa shape index (κ3) is 3.70. The molecule has 0 aliphatic heterocycles. The van der Waals surface area contributed by atoms with Gasteiger partial charge in [0.05, 0.1) is 0 Å². The zero-order chi connectivity index (χ0) is 17.8. The van der Waals surface area contributed by atoms with Gasteiger partial charge in [-0.1, -0.05) is 18.2 Å². The topological polar surface area (TPSA) is 52.7 Å². The molecule has 2 heterocycles. The molecule has 0 saturated heterocycles. The minimum Gasteiger partial charge on any atom is -0.385 e. The number of aryl methyl sites for hydroxylation is 1. The second-order valence-electron chi connectivity index (χ2n) is 6.42. The highest BCUT2D eigenvalue weighted by Crippen LogP contribution is 2.20. The zero-order valence-corrected chi connectivity index (χ0v) is 14.8. The largest absolute Gasteiger partial charge is 0.385 e. The van der Waals surface area contributed by atoms with Crippen LogP contribution in [0.15, 0.2) is 73.1 Å². The maximum atomic E-state index is 4.22. The predicted molar refractivity (Wildman–Crippen MR) is 109 cm³/mol. The number of fused-ring (bicyclic) bond motifs is 1. The Morgan fingerprint density at radius 2 is 1.73 bits per heavy atom. The number of hydrogen-bond acceptors (Lipinski definition) is 3. The van der Waals surface area contributed by atoms with Gasteiger partial charge in [0.2, 0.25) is 0 Å². The average Bonchev–Trinajstić information content (AvgIpc) is 3.07. The number of rotatable bonds is 6. The number of aromatic nitrogens is 2. The summed E-state index contributed by atoms with van der Waals surface area (Å²) in [4.78, 5) is 7.55. The Morgan fingerprint density at radius 1 is 0.923 bits per heavy atom. The molecular formula is C22H22N4. The van der Waals surface area contributed by atoms with Crippen LogP contribution in [0.25, 0.3) is 10.9 Å². The molecule has 0 radical (unpaired) electrons. The summed E-state index contributed by atoms with van der Waals surface area (Å²) < 4.78 is 0. The van der Waals surface area contributed by atoms with Crippen molar-refractivity contribution in [2.45, 2.75) is 13.3 Å². The van der Waals surface area contributed by atoms with Gasteiger partial charge in [0.25, 0.3) is 0 Å². The van der Waals surface area contributed by atoms with E-state index in [1.165, 1.54) is 16.5 Å². The summed E-state index contributed by atoms with van der Waals surface area (Å²) in [6, 6.07) is 20.8. The Morgan fingerprint density at radius 3 is 2.58 bits per heavy atom. The lowest BCUT2D eigenvalue weighted by Crippen LogP contribution is -2.04. The summed E-state index contributed by atoms with van der Waals surface area (Å²) in [5, 5.41) is 8.20. The van der Waals surface area contributed by atoms with Crippen molar-refractivity contribution in [2.75, 3.05) is 17.2 Å². The first-order chi connectivity index (χ1) is 12.8. The Bertz CT molecular complexity index is 1000. The maximum absolute atomic E-state index is 4.22. The lowest BCUT2D eigenvalue weighted by atomic mass is 10.1. The van der Waals surface area contributed by atoms with Gasteiger partial charge in [0, 0.05) is 52.6 Å². The summed E-state index contributed by atoms with van der Waals surface area (Å²) in [6.07, 6.45) is 4.91. The summed E-state index contributed by atoms with van der Waals surface area (Å²) in [7, 11) is 0. The van der Waals surface area contributed by atoms with Crippen LogP contribution in [0, 0.1) is 6.92 Å². The van der Waals surface area contributed by atoms with Crippen LogP contribution in [-0.4, -0.2) is 16.5 Å².